The Labute approximate surface area is 133 Å². The fourth-order valence-corrected chi connectivity index (χ4v) is 2.22. The van der Waals surface area contributed by atoms with Gasteiger partial charge in [-0.15, -0.1) is 0 Å². The Morgan fingerprint density at radius 1 is 1.29 bits per heavy atom. The zero-order valence-corrected chi connectivity index (χ0v) is 14.2. The summed E-state index contributed by atoms with van der Waals surface area (Å²) in [6.07, 6.45) is 1.10. The van der Waals surface area contributed by atoms with Crippen LogP contribution in [-0.4, -0.2) is 44.5 Å². The average Bonchev–Trinajstić information content (AvgIpc) is 2.46. The van der Waals surface area contributed by atoms with E-state index in [1.807, 2.05) is 25.1 Å². The van der Waals surface area contributed by atoms with Gasteiger partial charge in [0.05, 0.1) is 6.54 Å². The fraction of sp³-hybridized carbons (Fsp3) is 0.562. The smallest absolute Gasteiger partial charge is 0.241 e. The van der Waals surface area contributed by atoms with Gasteiger partial charge in [-0.3, -0.25) is 4.79 Å². The molecule has 0 bridgehead atoms. The summed E-state index contributed by atoms with van der Waals surface area (Å²) < 4.78 is 0. The van der Waals surface area contributed by atoms with Crippen LogP contribution in [0.25, 0.3) is 0 Å². The lowest BCUT2D eigenvalue weighted by molar-refractivity contribution is -0.127. The molecule has 0 unspecified atom stereocenters. The van der Waals surface area contributed by atoms with Gasteiger partial charge < -0.3 is 15.1 Å². The molecule has 1 aromatic rings. The first-order valence-corrected chi connectivity index (χ1v) is 7.81. The molecule has 0 aromatic heterocycles. The van der Waals surface area contributed by atoms with Crippen molar-refractivity contribution in [2.24, 2.45) is 0 Å². The number of halogens is 1. The van der Waals surface area contributed by atoms with Gasteiger partial charge in [-0.25, -0.2) is 0 Å². The molecular formula is C16H26ClN3O. The summed E-state index contributed by atoms with van der Waals surface area (Å²) in [6, 6.07) is 5.87. The van der Waals surface area contributed by atoms with E-state index in [0.29, 0.717) is 11.6 Å². The van der Waals surface area contributed by atoms with Crippen molar-refractivity contribution in [1.29, 1.82) is 0 Å². The van der Waals surface area contributed by atoms with Crippen molar-refractivity contribution >= 4 is 23.2 Å². The third kappa shape index (κ3) is 5.56. The number of nitrogens with one attached hydrogen (secondary N) is 1. The zero-order chi connectivity index (χ0) is 15.8. The van der Waals surface area contributed by atoms with Crippen molar-refractivity contribution in [1.82, 2.24) is 10.2 Å². The number of nitrogens with zero attached hydrogens (tertiary/aromatic N) is 2. The SMILES string of the molecule is CCCNCc1ccc(Cl)cc1N(CC)CC(=O)N(C)C. The molecule has 0 atom stereocenters. The predicted octanol–water partition coefficient (Wildman–Crippen LogP) is 2.75. The zero-order valence-electron chi connectivity index (χ0n) is 13.4. The molecule has 0 aliphatic heterocycles. The molecule has 1 rings (SSSR count). The van der Waals surface area contributed by atoms with Gasteiger partial charge in [0.2, 0.25) is 5.91 Å². The molecule has 0 heterocycles. The maximum Gasteiger partial charge on any atom is 0.241 e. The van der Waals surface area contributed by atoms with Gasteiger partial charge in [0.25, 0.3) is 0 Å². The summed E-state index contributed by atoms with van der Waals surface area (Å²) in [4.78, 5) is 15.7. The Balaban J connectivity index is 2.94. The fourth-order valence-electron chi connectivity index (χ4n) is 2.05. The number of likely N-dealkylation sites (N-methyl/N-ethyl adjacent to an activating group) is 2. The normalized spacial score (nSPS) is 10.5. The van der Waals surface area contributed by atoms with Crippen LogP contribution in [0.5, 0.6) is 0 Å². The van der Waals surface area contributed by atoms with Gasteiger partial charge in [0.15, 0.2) is 0 Å². The van der Waals surface area contributed by atoms with Crippen molar-refractivity contribution in [2.75, 3.05) is 38.6 Å². The number of anilines is 1. The molecule has 0 radical (unpaired) electrons. The molecule has 5 heteroatoms. The van der Waals surface area contributed by atoms with E-state index in [4.69, 9.17) is 11.6 Å². The Kier molecular flexibility index (Phi) is 7.54. The highest BCUT2D eigenvalue weighted by Crippen LogP contribution is 2.25. The van der Waals surface area contributed by atoms with Crippen LogP contribution in [0.3, 0.4) is 0 Å². The molecule has 0 spiro atoms. The molecule has 118 valence electrons. The number of carbonyl (C=O) groups excluding carboxylic acids is 1. The highest BCUT2D eigenvalue weighted by atomic mass is 35.5. The minimum absolute atomic E-state index is 0.0873. The van der Waals surface area contributed by atoms with Crippen LogP contribution < -0.4 is 10.2 Å². The van der Waals surface area contributed by atoms with Crippen molar-refractivity contribution in [3.05, 3.63) is 28.8 Å². The molecule has 0 saturated carbocycles. The Bertz CT molecular complexity index is 463. The molecule has 0 aliphatic rings. The lowest BCUT2D eigenvalue weighted by Gasteiger charge is -2.27. The first-order chi connectivity index (χ1) is 9.99. The van der Waals surface area contributed by atoms with Gasteiger partial charge in [-0.2, -0.15) is 0 Å². The van der Waals surface area contributed by atoms with Crippen LogP contribution in [-0.2, 0) is 11.3 Å². The maximum absolute atomic E-state index is 12.0. The van der Waals surface area contributed by atoms with Gasteiger partial charge in [0, 0.05) is 37.9 Å². The first-order valence-electron chi connectivity index (χ1n) is 7.43. The standard InChI is InChI=1S/C16H26ClN3O/c1-5-9-18-11-13-7-8-14(17)10-15(13)20(6-2)12-16(21)19(3)4/h7-8,10,18H,5-6,9,11-12H2,1-4H3. The molecule has 4 nitrogen and oxygen atoms in total. The van der Waals surface area contributed by atoms with Crippen LogP contribution in [0.4, 0.5) is 5.69 Å². The van der Waals surface area contributed by atoms with E-state index >= 15 is 0 Å². The summed E-state index contributed by atoms with van der Waals surface area (Å²) >= 11 is 6.14. The first kappa shape index (κ1) is 17.8. The van der Waals surface area contributed by atoms with Gasteiger partial charge in [0.1, 0.15) is 0 Å². The van der Waals surface area contributed by atoms with Crippen LogP contribution >= 0.6 is 11.6 Å². The molecule has 1 N–H and O–H groups in total. The van der Waals surface area contributed by atoms with Crippen LogP contribution in [0.15, 0.2) is 18.2 Å². The Morgan fingerprint density at radius 2 is 2.00 bits per heavy atom. The predicted molar refractivity (Wildman–Crippen MR) is 90.0 cm³/mol. The lowest BCUT2D eigenvalue weighted by Crippen LogP contribution is -2.37. The topological polar surface area (TPSA) is 35.6 Å². The Hall–Kier alpha value is -1.26. The number of carbonyl (C=O) groups is 1. The van der Waals surface area contributed by atoms with E-state index in [2.05, 4.69) is 17.1 Å². The maximum atomic E-state index is 12.0. The second-order valence-electron chi connectivity index (χ2n) is 5.25. The summed E-state index contributed by atoms with van der Waals surface area (Å²) in [5, 5.41) is 4.10. The molecule has 1 aromatic carbocycles. The number of hydrogen-bond acceptors (Lipinski definition) is 3. The second kappa shape index (κ2) is 8.90. The summed E-state index contributed by atoms with van der Waals surface area (Å²) in [5.74, 6) is 0.0873. The minimum atomic E-state index is 0.0873. The van der Waals surface area contributed by atoms with Crippen molar-refractivity contribution < 1.29 is 4.79 Å². The third-order valence-electron chi connectivity index (χ3n) is 3.34. The van der Waals surface area contributed by atoms with Crippen LogP contribution in [0, 0.1) is 0 Å². The Morgan fingerprint density at radius 3 is 2.57 bits per heavy atom. The average molecular weight is 312 g/mol. The molecule has 0 aliphatic carbocycles. The van der Waals surface area contributed by atoms with Gasteiger partial charge >= 0.3 is 0 Å². The highest BCUT2D eigenvalue weighted by molar-refractivity contribution is 6.30. The highest BCUT2D eigenvalue weighted by Gasteiger charge is 2.15. The minimum Gasteiger partial charge on any atom is -0.362 e. The summed E-state index contributed by atoms with van der Waals surface area (Å²) in [7, 11) is 3.55. The van der Waals surface area contributed by atoms with Crippen molar-refractivity contribution in [3.63, 3.8) is 0 Å². The second-order valence-corrected chi connectivity index (χ2v) is 5.69. The van der Waals surface area contributed by atoms with E-state index in [1.54, 1.807) is 19.0 Å². The van der Waals surface area contributed by atoms with E-state index < -0.39 is 0 Å². The van der Waals surface area contributed by atoms with Gasteiger partial charge in [-0.05, 0) is 37.6 Å². The molecule has 1 amide bonds. The summed E-state index contributed by atoms with van der Waals surface area (Å²) in [5.41, 5.74) is 2.20. The van der Waals surface area contributed by atoms with E-state index in [-0.39, 0.29) is 5.91 Å². The quantitative estimate of drug-likeness (QED) is 0.750. The monoisotopic (exact) mass is 311 g/mol. The summed E-state index contributed by atoms with van der Waals surface area (Å²) in [6.45, 7) is 7.08. The molecule has 0 fully saturated rings. The number of rotatable bonds is 8. The van der Waals surface area contributed by atoms with E-state index in [1.165, 1.54) is 5.56 Å². The number of hydrogen-bond donors (Lipinski definition) is 1. The molecule has 0 saturated heterocycles. The molecular weight excluding hydrogens is 286 g/mol. The van der Waals surface area contributed by atoms with Crippen LogP contribution in [0.2, 0.25) is 5.02 Å². The number of amides is 1. The van der Waals surface area contributed by atoms with Crippen LogP contribution in [0.1, 0.15) is 25.8 Å². The number of benzene rings is 1. The van der Waals surface area contributed by atoms with Crippen molar-refractivity contribution in [3.8, 4) is 0 Å². The van der Waals surface area contributed by atoms with E-state index in [9.17, 15) is 4.79 Å². The lowest BCUT2D eigenvalue weighted by atomic mass is 10.1. The van der Waals surface area contributed by atoms with Crippen molar-refractivity contribution in [2.45, 2.75) is 26.8 Å². The largest absolute Gasteiger partial charge is 0.362 e. The van der Waals surface area contributed by atoms with E-state index in [0.717, 1.165) is 31.7 Å². The third-order valence-corrected chi connectivity index (χ3v) is 3.57. The van der Waals surface area contributed by atoms with Gasteiger partial charge in [-0.1, -0.05) is 24.6 Å². The molecule has 21 heavy (non-hydrogen) atoms.